The monoisotopic (exact) mass is 604 g/mol. The lowest BCUT2D eigenvalue weighted by Gasteiger charge is -2.31. The molecule has 10 nitrogen and oxygen atoms in total. The molecule has 5 unspecified atom stereocenters. The highest BCUT2D eigenvalue weighted by atomic mass is 32.2. The van der Waals surface area contributed by atoms with Crippen LogP contribution in [-0.4, -0.2) is 81.9 Å². The van der Waals surface area contributed by atoms with Crippen LogP contribution in [0, 0.1) is 11.8 Å². The van der Waals surface area contributed by atoms with Crippen molar-refractivity contribution >= 4 is 16.1 Å². The molecule has 0 aromatic heterocycles. The van der Waals surface area contributed by atoms with E-state index in [0.717, 1.165) is 12.0 Å². The number of nitrogens with zero attached hydrogens (tertiary/aromatic N) is 1. The predicted molar refractivity (Wildman–Crippen MR) is 158 cm³/mol. The molecule has 5 atom stereocenters. The number of aliphatic hydroxyl groups is 1. The van der Waals surface area contributed by atoms with Crippen molar-refractivity contribution in [1.29, 1.82) is 0 Å². The van der Waals surface area contributed by atoms with E-state index in [2.05, 4.69) is 19.2 Å². The molecule has 1 amide bonds. The summed E-state index contributed by atoms with van der Waals surface area (Å²) in [6.07, 6.45) is -1.71. The molecule has 2 heterocycles. The Morgan fingerprint density at radius 3 is 2.36 bits per heavy atom. The number of nitrogens with one attached hydrogen (secondary N) is 1. The van der Waals surface area contributed by atoms with Crippen molar-refractivity contribution in [3.05, 3.63) is 59.7 Å². The number of methoxy groups -OCH3 is 1. The van der Waals surface area contributed by atoms with Gasteiger partial charge in [-0.15, -0.1) is 0 Å². The first-order chi connectivity index (χ1) is 20.0. The molecule has 2 saturated heterocycles. The van der Waals surface area contributed by atoms with Crippen LogP contribution in [0.4, 0.5) is 4.79 Å². The Hall–Kier alpha value is -2.70. The Kier molecular flexibility index (Phi) is 10.9. The van der Waals surface area contributed by atoms with Gasteiger partial charge in [-0.3, -0.25) is 0 Å². The number of sulfonamides is 1. The average molecular weight is 605 g/mol. The molecular weight excluding hydrogens is 560 g/mol. The molecule has 2 aromatic carbocycles. The van der Waals surface area contributed by atoms with Gasteiger partial charge in [-0.1, -0.05) is 52.0 Å². The van der Waals surface area contributed by atoms with Crippen molar-refractivity contribution in [2.75, 3.05) is 33.4 Å². The highest BCUT2D eigenvalue weighted by Crippen LogP contribution is 2.33. The fourth-order valence-corrected chi connectivity index (χ4v) is 6.98. The van der Waals surface area contributed by atoms with Crippen LogP contribution in [0.15, 0.2) is 53.4 Å². The lowest BCUT2D eigenvalue weighted by molar-refractivity contribution is -0.0907. The third kappa shape index (κ3) is 8.02. The van der Waals surface area contributed by atoms with Gasteiger partial charge in [0.05, 0.1) is 43.3 Å². The topological polar surface area (TPSA) is 124 Å². The molecule has 2 N–H and O–H groups in total. The minimum absolute atomic E-state index is 0.00545. The van der Waals surface area contributed by atoms with Crippen LogP contribution < -0.4 is 10.1 Å². The molecule has 2 fully saturated rings. The normalized spacial score (nSPS) is 21.9. The summed E-state index contributed by atoms with van der Waals surface area (Å²) >= 11 is 0. The van der Waals surface area contributed by atoms with Gasteiger partial charge in [-0.2, -0.15) is 4.31 Å². The Morgan fingerprint density at radius 1 is 1.05 bits per heavy atom. The molecule has 42 heavy (non-hydrogen) atoms. The minimum Gasteiger partial charge on any atom is -0.497 e. The van der Waals surface area contributed by atoms with E-state index in [-0.39, 0.29) is 49.1 Å². The Bertz CT molecular complexity index is 1270. The Balaban J connectivity index is 1.54. The number of amides is 1. The Morgan fingerprint density at radius 2 is 1.74 bits per heavy atom. The molecule has 0 bridgehead atoms. The van der Waals surface area contributed by atoms with Crippen molar-refractivity contribution in [2.45, 2.75) is 75.9 Å². The van der Waals surface area contributed by atoms with Gasteiger partial charge >= 0.3 is 6.09 Å². The molecule has 0 saturated carbocycles. The highest BCUT2D eigenvalue weighted by Gasteiger charge is 2.44. The van der Waals surface area contributed by atoms with Gasteiger partial charge in [-0.25, -0.2) is 13.2 Å². The number of carbonyl (C=O) groups excluding carboxylic acids is 1. The molecular formula is C31H44N2O8S. The van der Waals surface area contributed by atoms with Crippen molar-refractivity contribution in [3.63, 3.8) is 0 Å². The SMILES string of the molecule is COc1ccc(S(=O)(=O)N(CC(C)C)CC(O)C(Cc2ccc(C(C)C)cc2)NC(=O)OC2COC3OCCC23)cc1. The molecule has 0 aliphatic carbocycles. The first kappa shape index (κ1) is 32.2. The van der Waals surface area contributed by atoms with Crippen molar-refractivity contribution in [2.24, 2.45) is 11.8 Å². The van der Waals surface area contributed by atoms with E-state index in [1.54, 1.807) is 12.1 Å². The standard InChI is InChI=1S/C31H44N2O8S/c1-20(2)17-33(42(36,37)25-12-10-24(38-5)11-13-25)18-28(34)27(16-22-6-8-23(9-7-22)21(3)4)32-31(35)41-29-19-40-30-26(29)14-15-39-30/h6-13,20-21,26-30,34H,14-19H2,1-5H3,(H,32,35). The number of aliphatic hydroxyl groups excluding tert-OH is 1. The van der Waals surface area contributed by atoms with Gasteiger partial charge in [-0.05, 0) is 60.1 Å². The molecule has 4 rings (SSSR count). The quantitative estimate of drug-likeness (QED) is 0.353. The number of alkyl carbamates (subject to hydrolysis) is 1. The van der Waals surface area contributed by atoms with E-state index in [9.17, 15) is 18.3 Å². The van der Waals surface area contributed by atoms with E-state index in [1.807, 2.05) is 38.1 Å². The molecule has 0 spiro atoms. The maximum absolute atomic E-state index is 13.7. The zero-order valence-electron chi connectivity index (χ0n) is 25.1. The van der Waals surface area contributed by atoms with Crippen LogP contribution in [-0.2, 0) is 30.7 Å². The second kappa shape index (κ2) is 14.2. The first-order valence-corrected chi connectivity index (χ1v) is 16.0. The van der Waals surface area contributed by atoms with Gasteiger partial charge in [0.25, 0.3) is 0 Å². The van der Waals surface area contributed by atoms with E-state index in [1.165, 1.54) is 29.1 Å². The molecule has 232 valence electrons. The minimum atomic E-state index is -3.95. The van der Waals surface area contributed by atoms with E-state index >= 15 is 0 Å². The second-order valence-corrected chi connectivity index (χ2v) is 13.7. The van der Waals surface area contributed by atoms with Crippen LogP contribution in [0.1, 0.15) is 51.2 Å². The smallest absolute Gasteiger partial charge is 0.407 e. The zero-order valence-corrected chi connectivity index (χ0v) is 25.9. The summed E-state index contributed by atoms with van der Waals surface area (Å²) in [7, 11) is -2.44. The van der Waals surface area contributed by atoms with Crippen molar-refractivity contribution < 1.29 is 37.3 Å². The number of hydrogen-bond donors (Lipinski definition) is 2. The van der Waals surface area contributed by atoms with Crippen molar-refractivity contribution in [1.82, 2.24) is 9.62 Å². The molecule has 2 aromatic rings. The summed E-state index contributed by atoms with van der Waals surface area (Å²) in [5.41, 5.74) is 2.07. The van der Waals surface area contributed by atoms with Crippen LogP contribution >= 0.6 is 0 Å². The third-order valence-electron chi connectivity index (χ3n) is 7.77. The van der Waals surface area contributed by atoms with Gasteiger partial charge in [0.2, 0.25) is 10.0 Å². The number of hydrogen-bond acceptors (Lipinski definition) is 8. The summed E-state index contributed by atoms with van der Waals surface area (Å²) in [6.45, 7) is 8.82. The fourth-order valence-electron chi connectivity index (χ4n) is 5.36. The lowest BCUT2D eigenvalue weighted by Crippen LogP contribution is -2.51. The highest BCUT2D eigenvalue weighted by molar-refractivity contribution is 7.89. The number of fused-ring (bicyclic) bond motifs is 1. The molecule has 0 radical (unpaired) electrons. The zero-order chi connectivity index (χ0) is 30.4. The number of rotatable bonds is 13. The van der Waals surface area contributed by atoms with Crippen LogP contribution in [0.2, 0.25) is 0 Å². The van der Waals surface area contributed by atoms with E-state index in [0.29, 0.717) is 18.3 Å². The maximum atomic E-state index is 13.7. The summed E-state index contributed by atoms with van der Waals surface area (Å²) in [4.78, 5) is 13.2. The summed E-state index contributed by atoms with van der Waals surface area (Å²) in [5, 5.41) is 14.3. The maximum Gasteiger partial charge on any atom is 0.407 e. The summed E-state index contributed by atoms with van der Waals surface area (Å²) in [5.74, 6) is 0.866. The van der Waals surface area contributed by atoms with E-state index < -0.39 is 34.4 Å². The lowest BCUT2D eigenvalue weighted by atomic mass is 9.97. The van der Waals surface area contributed by atoms with Crippen LogP contribution in [0.3, 0.4) is 0 Å². The van der Waals surface area contributed by atoms with Gasteiger partial charge < -0.3 is 29.4 Å². The number of benzene rings is 2. The number of ether oxygens (including phenoxy) is 4. The first-order valence-electron chi connectivity index (χ1n) is 14.6. The van der Waals surface area contributed by atoms with E-state index in [4.69, 9.17) is 18.9 Å². The second-order valence-electron chi connectivity index (χ2n) is 11.8. The number of carbonyl (C=O) groups is 1. The van der Waals surface area contributed by atoms with Gasteiger partial charge in [0.15, 0.2) is 6.29 Å². The largest absolute Gasteiger partial charge is 0.497 e. The van der Waals surface area contributed by atoms with Crippen molar-refractivity contribution in [3.8, 4) is 5.75 Å². The summed E-state index contributed by atoms with van der Waals surface area (Å²) in [6, 6.07) is 13.3. The fraction of sp³-hybridized carbons (Fsp3) is 0.581. The molecule has 2 aliphatic heterocycles. The Labute approximate surface area is 249 Å². The molecule has 11 heteroatoms. The average Bonchev–Trinajstić information content (AvgIpc) is 3.57. The predicted octanol–water partition coefficient (Wildman–Crippen LogP) is 3.93. The van der Waals surface area contributed by atoms with Gasteiger partial charge in [0, 0.05) is 13.1 Å². The van der Waals surface area contributed by atoms with Gasteiger partial charge in [0.1, 0.15) is 11.9 Å². The van der Waals surface area contributed by atoms with Crippen LogP contribution in [0.5, 0.6) is 5.75 Å². The summed E-state index contributed by atoms with van der Waals surface area (Å²) < 4.78 is 50.6. The van der Waals surface area contributed by atoms with Crippen LogP contribution in [0.25, 0.3) is 0 Å². The third-order valence-corrected chi connectivity index (χ3v) is 9.62. The molecule has 2 aliphatic rings.